The molecule has 0 saturated carbocycles. The van der Waals surface area contributed by atoms with Crippen LogP contribution in [0.3, 0.4) is 0 Å². The molecule has 0 amide bonds. The summed E-state index contributed by atoms with van der Waals surface area (Å²) in [7, 11) is 2.01. The zero-order chi connectivity index (χ0) is 13.8. The highest BCUT2D eigenvalue weighted by Gasteiger charge is 2.27. The summed E-state index contributed by atoms with van der Waals surface area (Å²) in [5.74, 6) is 0.968. The van der Waals surface area contributed by atoms with Crippen LogP contribution in [0.2, 0.25) is 0 Å². The molecule has 0 aliphatic carbocycles. The number of aromatic nitrogens is 2. The lowest BCUT2D eigenvalue weighted by Crippen LogP contribution is -2.49. The summed E-state index contributed by atoms with van der Waals surface area (Å²) in [6.07, 6.45) is 0. The van der Waals surface area contributed by atoms with Gasteiger partial charge in [0.25, 0.3) is 0 Å². The first kappa shape index (κ1) is 15.0. The van der Waals surface area contributed by atoms with Gasteiger partial charge in [0.15, 0.2) is 0 Å². The van der Waals surface area contributed by atoms with E-state index in [1.807, 2.05) is 14.0 Å². The van der Waals surface area contributed by atoms with Gasteiger partial charge in [-0.2, -0.15) is 0 Å². The molecule has 1 unspecified atom stereocenters. The first-order valence-corrected chi connectivity index (χ1v) is 7.78. The third-order valence-electron chi connectivity index (χ3n) is 3.83. The Hall–Kier alpha value is -0.430. The smallest absolute Gasteiger partial charge is 0.129 e. The van der Waals surface area contributed by atoms with Crippen LogP contribution in [0.1, 0.15) is 24.5 Å². The molecule has 2 rings (SSSR count). The van der Waals surface area contributed by atoms with E-state index >= 15 is 0 Å². The monoisotopic (exact) mass is 329 g/mol. The Morgan fingerprint density at radius 3 is 2.53 bits per heavy atom. The average molecular weight is 330 g/mol. The number of likely N-dealkylation sites (N-methyl/N-ethyl adjacent to an activating group) is 2. The molecular weight excluding hydrogens is 306 g/mol. The van der Waals surface area contributed by atoms with Crippen molar-refractivity contribution in [3.05, 3.63) is 16.1 Å². The van der Waals surface area contributed by atoms with Crippen molar-refractivity contribution in [2.45, 2.75) is 19.9 Å². The number of H-pyrrole nitrogens is 1. The number of piperazine rings is 1. The Balaban J connectivity index is 2.10. The Kier molecular flexibility index (Phi) is 5.38. The van der Waals surface area contributed by atoms with Gasteiger partial charge in [-0.3, -0.25) is 4.90 Å². The Labute approximate surface area is 123 Å². The Bertz CT molecular complexity index is 398. The first-order chi connectivity index (χ1) is 9.15. The molecule has 1 aromatic rings. The molecule has 1 aliphatic heterocycles. The van der Waals surface area contributed by atoms with Crippen LogP contribution in [0.5, 0.6) is 0 Å². The second-order valence-corrected chi connectivity index (χ2v) is 5.82. The highest BCUT2D eigenvalue weighted by Crippen LogP contribution is 2.26. The van der Waals surface area contributed by atoms with Gasteiger partial charge in [-0.15, -0.1) is 0 Å². The van der Waals surface area contributed by atoms with Crippen LogP contribution in [-0.2, 0) is 0 Å². The molecule has 0 aromatic carbocycles. The van der Waals surface area contributed by atoms with Crippen LogP contribution in [0, 0.1) is 6.92 Å². The van der Waals surface area contributed by atoms with E-state index in [2.05, 4.69) is 47.9 Å². The zero-order valence-corrected chi connectivity index (χ0v) is 13.6. The van der Waals surface area contributed by atoms with Crippen LogP contribution >= 0.6 is 15.9 Å². The molecule has 19 heavy (non-hydrogen) atoms. The molecule has 0 radical (unpaired) electrons. The minimum absolute atomic E-state index is 0.361. The van der Waals surface area contributed by atoms with Crippen LogP contribution < -0.4 is 5.32 Å². The largest absolute Gasteiger partial charge is 0.344 e. The molecule has 6 heteroatoms. The summed E-state index contributed by atoms with van der Waals surface area (Å²) in [5.41, 5.74) is 1.19. The molecule has 2 heterocycles. The van der Waals surface area contributed by atoms with Gasteiger partial charge in [0.05, 0.1) is 11.7 Å². The van der Waals surface area contributed by atoms with E-state index in [4.69, 9.17) is 0 Å². The van der Waals surface area contributed by atoms with E-state index < -0.39 is 0 Å². The predicted molar refractivity (Wildman–Crippen MR) is 81.4 cm³/mol. The van der Waals surface area contributed by atoms with Crippen molar-refractivity contribution in [3.8, 4) is 0 Å². The number of aromatic amines is 1. The molecule has 0 bridgehead atoms. The molecule has 1 saturated heterocycles. The molecule has 5 nitrogen and oxygen atoms in total. The second-order valence-electron chi connectivity index (χ2n) is 5.07. The summed E-state index contributed by atoms with van der Waals surface area (Å²) in [6.45, 7) is 10.9. The van der Waals surface area contributed by atoms with Crippen LogP contribution in [-0.4, -0.2) is 66.1 Å². The van der Waals surface area contributed by atoms with Crippen molar-refractivity contribution in [3.63, 3.8) is 0 Å². The van der Waals surface area contributed by atoms with Gasteiger partial charge in [0.1, 0.15) is 10.4 Å². The van der Waals surface area contributed by atoms with Crippen LogP contribution in [0.15, 0.2) is 4.60 Å². The SMILES string of the molecule is CCN1CCN(C(CNC)c2[nH]c(C)nc2Br)CC1. The van der Waals surface area contributed by atoms with Gasteiger partial charge in [-0.25, -0.2) is 4.98 Å². The highest BCUT2D eigenvalue weighted by molar-refractivity contribution is 9.10. The maximum atomic E-state index is 4.44. The third-order valence-corrected chi connectivity index (χ3v) is 4.43. The summed E-state index contributed by atoms with van der Waals surface area (Å²) in [6, 6.07) is 0.361. The van der Waals surface area contributed by atoms with Gasteiger partial charge in [0, 0.05) is 32.7 Å². The number of nitrogens with zero attached hydrogens (tertiary/aromatic N) is 3. The molecule has 1 fully saturated rings. The van der Waals surface area contributed by atoms with Gasteiger partial charge in [-0.1, -0.05) is 6.92 Å². The van der Waals surface area contributed by atoms with Crippen molar-refractivity contribution in [2.75, 3.05) is 46.3 Å². The molecule has 2 N–H and O–H groups in total. The molecule has 0 spiro atoms. The Morgan fingerprint density at radius 1 is 1.37 bits per heavy atom. The minimum atomic E-state index is 0.361. The normalized spacial score (nSPS) is 19.8. The fourth-order valence-corrected chi connectivity index (χ4v) is 3.33. The standard InChI is InChI=1S/C13H24BrN5/c1-4-18-5-7-19(8-6-18)11(9-15-3)12-13(14)17-10(2)16-12/h11,15H,4-9H2,1-3H3,(H,16,17). The van der Waals surface area contributed by atoms with Gasteiger partial charge >= 0.3 is 0 Å². The maximum Gasteiger partial charge on any atom is 0.129 e. The van der Waals surface area contributed by atoms with Crippen molar-refractivity contribution >= 4 is 15.9 Å². The Morgan fingerprint density at radius 2 is 2.05 bits per heavy atom. The topological polar surface area (TPSA) is 47.2 Å². The number of hydrogen-bond acceptors (Lipinski definition) is 4. The van der Waals surface area contributed by atoms with Crippen molar-refractivity contribution in [1.82, 2.24) is 25.1 Å². The third kappa shape index (κ3) is 3.56. The van der Waals surface area contributed by atoms with Gasteiger partial charge in [0.2, 0.25) is 0 Å². The predicted octanol–water partition coefficient (Wildman–Crippen LogP) is 1.38. The average Bonchev–Trinajstić information content (AvgIpc) is 2.75. The molecule has 108 valence electrons. The summed E-state index contributed by atoms with van der Waals surface area (Å²) >= 11 is 3.57. The van der Waals surface area contributed by atoms with Crippen LogP contribution in [0.4, 0.5) is 0 Å². The number of imidazole rings is 1. The molecule has 1 atom stereocenters. The fourth-order valence-electron chi connectivity index (χ4n) is 2.70. The zero-order valence-electron chi connectivity index (χ0n) is 12.0. The van der Waals surface area contributed by atoms with E-state index in [0.717, 1.165) is 49.7 Å². The first-order valence-electron chi connectivity index (χ1n) is 6.98. The quantitative estimate of drug-likeness (QED) is 0.856. The maximum absolute atomic E-state index is 4.44. The highest BCUT2D eigenvalue weighted by atomic mass is 79.9. The number of halogens is 1. The van der Waals surface area contributed by atoms with Gasteiger partial charge < -0.3 is 15.2 Å². The van der Waals surface area contributed by atoms with Crippen molar-refractivity contribution in [1.29, 1.82) is 0 Å². The van der Waals surface area contributed by atoms with Gasteiger partial charge in [-0.05, 0) is 36.4 Å². The van der Waals surface area contributed by atoms with Crippen molar-refractivity contribution < 1.29 is 0 Å². The van der Waals surface area contributed by atoms with E-state index in [-0.39, 0.29) is 0 Å². The van der Waals surface area contributed by atoms with E-state index in [1.54, 1.807) is 0 Å². The minimum Gasteiger partial charge on any atom is -0.344 e. The van der Waals surface area contributed by atoms with E-state index in [9.17, 15) is 0 Å². The van der Waals surface area contributed by atoms with Crippen molar-refractivity contribution in [2.24, 2.45) is 0 Å². The van der Waals surface area contributed by atoms with E-state index in [0.29, 0.717) is 6.04 Å². The van der Waals surface area contributed by atoms with E-state index in [1.165, 1.54) is 5.69 Å². The molecule has 1 aromatic heterocycles. The summed E-state index contributed by atoms with van der Waals surface area (Å²) in [5, 5.41) is 3.30. The van der Waals surface area contributed by atoms with Crippen LogP contribution in [0.25, 0.3) is 0 Å². The lowest BCUT2D eigenvalue weighted by Gasteiger charge is -2.38. The summed E-state index contributed by atoms with van der Waals surface area (Å²) in [4.78, 5) is 12.9. The lowest BCUT2D eigenvalue weighted by atomic mass is 10.1. The summed E-state index contributed by atoms with van der Waals surface area (Å²) < 4.78 is 0.947. The molecular formula is C13H24BrN5. The number of aryl methyl sites for hydroxylation is 1. The number of nitrogens with one attached hydrogen (secondary N) is 2. The fraction of sp³-hybridized carbons (Fsp3) is 0.769. The lowest BCUT2D eigenvalue weighted by molar-refractivity contribution is 0.0972. The second kappa shape index (κ2) is 6.83. The number of hydrogen-bond donors (Lipinski definition) is 2. The molecule has 1 aliphatic rings. The number of rotatable bonds is 5.